The molecule has 0 fully saturated rings. The highest BCUT2D eigenvalue weighted by Crippen LogP contribution is 2.11. The molecular formula is C18H32N4O6. The predicted molar refractivity (Wildman–Crippen MR) is 103 cm³/mol. The van der Waals surface area contributed by atoms with Gasteiger partial charge in [0.1, 0.15) is 12.1 Å². The van der Waals surface area contributed by atoms with Gasteiger partial charge in [0.15, 0.2) is 0 Å². The van der Waals surface area contributed by atoms with E-state index in [4.69, 9.17) is 21.7 Å². The Labute approximate surface area is 164 Å². The Morgan fingerprint density at radius 3 is 1.29 bits per heavy atom. The number of hydrogen-bond acceptors (Lipinski definition) is 6. The number of carboxylic acid groups (broad SMARTS) is 2. The summed E-state index contributed by atoms with van der Waals surface area (Å²) in [5.41, 5.74) is 12.0. The summed E-state index contributed by atoms with van der Waals surface area (Å²) >= 11 is 0. The fourth-order valence-electron chi connectivity index (χ4n) is 2.44. The summed E-state index contributed by atoms with van der Waals surface area (Å²) in [4.78, 5) is 46.5. The van der Waals surface area contributed by atoms with Crippen molar-refractivity contribution in [2.45, 2.75) is 64.7 Å². The van der Waals surface area contributed by atoms with E-state index in [1.807, 2.05) is 0 Å². The molecule has 0 heterocycles. The van der Waals surface area contributed by atoms with Crippen LogP contribution in [0.4, 0.5) is 0 Å². The summed E-state index contributed by atoms with van der Waals surface area (Å²) in [5, 5.41) is 23.0. The fraction of sp³-hybridized carbons (Fsp3) is 0.667. The summed E-state index contributed by atoms with van der Waals surface area (Å²) in [5.74, 6) is -4.26. The number of carboxylic acids is 2. The molecule has 0 aromatic rings. The average molecular weight is 400 g/mol. The van der Waals surface area contributed by atoms with Crippen LogP contribution in [0.15, 0.2) is 12.2 Å². The number of hydrogen-bond donors (Lipinski definition) is 6. The van der Waals surface area contributed by atoms with Gasteiger partial charge in [-0.05, 0) is 24.7 Å². The van der Waals surface area contributed by atoms with Crippen LogP contribution < -0.4 is 22.1 Å². The first-order chi connectivity index (χ1) is 12.8. The lowest BCUT2D eigenvalue weighted by Crippen LogP contribution is -2.51. The summed E-state index contributed by atoms with van der Waals surface area (Å²) in [6.45, 7) is 10.4. The van der Waals surface area contributed by atoms with Crippen molar-refractivity contribution in [3.63, 3.8) is 0 Å². The molecule has 0 saturated heterocycles. The monoisotopic (exact) mass is 400 g/mol. The third-order valence-corrected chi connectivity index (χ3v) is 4.15. The van der Waals surface area contributed by atoms with Crippen LogP contribution in [-0.4, -0.2) is 58.1 Å². The molecule has 10 heteroatoms. The molecule has 0 bridgehead atoms. The highest BCUT2D eigenvalue weighted by molar-refractivity contribution is 5.88. The van der Waals surface area contributed by atoms with Crippen LogP contribution in [0, 0.1) is 11.8 Å². The van der Waals surface area contributed by atoms with E-state index >= 15 is 0 Å². The molecule has 0 saturated carbocycles. The van der Waals surface area contributed by atoms with Crippen LogP contribution in [-0.2, 0) is 19.2 Å². The van der Waals surface area contributed by atoms with Gasteiger partial charge in [-0.25, -0.2) is 9.59 Å². The molecular weight excluding hydrogens is 368 g/mol. The summed E-state index contributed by atoms with van der Waals surface area (Å²) in [6.07, 6.45) is 0.00751. The molecule has 10 nitrogen and oxygen atoms in total. The van der Waals surface area contributed by atoms with Gasteiger partial charge in [-0.3, -0.25) is 9.59 Å². The van der Waals surface area contributed by atoms with E-state index in [0.29, 0.717) is 5.57 Å². The zero-order valence-electron chi connectivity index (χ0n) is 16.8. The quantitative estimate of drug-likeness (QED) is 0.235. The number of nitrogens with one attached hydrogen (secondary N) is 2. The van der Waals surface area contributed by atoms with Crippen molar-refractivity contribution in [1.82, 2.24) is 10.6 Å². The lowest BCUT2D eigenvalue weighted by Gasteiger charge is -2.22. The minimum atomic E-state index is -1.16. The topological polar surface area (TPSA) is 185 Å². The standard InChI is InChI=1S/C18H32N4O6/c1-8(2)13(17(25)26)21-15(23)11(19)6-10(5)7-12(20)16(24)22-14(9(3)4)18(27)28/h8-9,11-14H,5-7,19-20H2,1-4H3,(H,21,23)(H,22,24)(H,25,26)(H,27,28)/t11-,12-,13+,14+/m1/s1. The van der Waals surface area contributed by atoms with Gasteiger partial charge in [0, 0.05) is 0 Å². The van der Waals surface area contributed by atoms with E-state index in [2.05, 4.69) is 17.2 Å². The van der Waals surface area contributed by atoms with Gasteiger partial charge in [0.05, 0.1) is 12.1 Å². The number of carbonyl (C=O) groups is 4. The lowest BCUT2D eigenvalue weighted by molar-refractivity contribution is -0.143. The van der Waals surface area contributed by atoms with Gasteiger partial charge in [0.25, 0.3) is 0 Å². The van der Waals surface area contributed by atoms with Crippen LogP contribution in [0.1, 0.15) is 40.5 Å². The Hall–Kier alpha value is -2.46. The van der Waals surface area contributed by atoms with Gasteiger partial charge < -0.3 is 32.3 Å². The van der Waals surface area contributed by atoms with Crippen molar-refractivity contribution < 1.29 is 29.4 Å². The lowest BCUT2D eigenvalue weighted by atomic mass is 9.98. The first-order valence-electron chi connectivity index (χ1n) is 9.02. The second-order valence-electron chi connectivity index (χ2n) is 7.51. The second-order valence-corrected chi connectivity index (χ2v) is 7.51. The van der Waals surface area contributed by atoms with Gasteiger partial charge in [-0.2, -0.15) is 0 Å². The van der Waals surface area contributed by atoms with E-state index in [-0.39, 0.29) is 24.7 Å². The van der Waals surface area contributed by atoms with Crippen molar-refractivity contribution in [2.75, 3.05) is 0 Å². The van der Waals surface area contributed by atoms with Gasteiger partial charge in [-0.15, -0.1) is 0 Å². The van der Waals surface area contributed by atoms with Crippen LogP contribution in [0.25, 0.3) is 0 Å². The molecule has 2 amide bonds. The van der Waals surface area contributed by atoms with E-state index < -0.39 is 47.9 Å². The molecule has 8 N–H and O–H groups in total. The molecule has 0 aliphatic carbocycles. The third kappa shape index (κ3) is 8.49. The maximum Gasteiger partial charge on any atom is 0.326 e. The molecule has 0 aliphatic rings. The largest absolute Gasteiger partial charge is 0.480 e. The number of nitrogens with two attached hydrogens (primary N) is 2. The molecule has 160 valence electrons. The molecule has 0 spiro atoms. The van der Waals surface area contributed by atoms with Crippen molar-refractivity contribution in [1.29, 1.82) is 0 Å². The Morgan fingerprint density at radius 2 is 1.07 bits per heavy atom. The first kappa shape index (κ1) is 25.5. The zero-order valence-corrected chi connectivity index (χ0v) is 16.8. The zero-order chi connectivity index (χ0) is 22.2. The van der Waals surface area contributed by atoms with Crippen molar-refractivity contribution in [3.8, 4) is 0 Å². The highest BCUT2D eigenvalue weighted by Gasteiger charge is 2.28. The minimum absolute atomic E-state index is 0.00376. The smallest absolute Gasteiger partial charge is 0.326 e. The maximum absolute atomic E-state index is 12.1. The van der Waals surface area contributed by atoms with Gasteiger partial charge in [-0.1, -0.05) is 39.8 Å². The highest BCUT2D eigenvalue weighted by atomic mass is 16.4. The second kappa shape index (κ2) is 11.4. The van der Waals surface area contributed by atoms with E-state index in [1.54, 1.807) is 27.7 Å². The van der Waals surface area contributed by atoms with E-state index in [0.717, 1.165) is 0 Å². The molecule has 0 aromatic heterocycles. The molecule has 0 aromatic carbocycles. The first-order valence-corrected chi connectivity index (χ1v) is 9.02. The molecule has 0 aliphatic heterocycles. The summed E-state index contributed by atoms with van der Waals surface area (Å²) < 4.78 is 0. The van der Waals surface area contributed by atoms with Crippen molar-refractivity contribution >= 4 is 23.8 Å². The Morgan fingerprint density at radius 1 is 0.786 bits per heavy atom. The van der Waals surface area contributed by atoms with Crippen molar-refractivity contribution in [2.24, 2.45) is 23.3 Å². The summed E-state index contributed by atoms with van der Waals surface area (Å²) in [7, 11) is 0. The minimum Gasteiger partial charge on any atom is -0.480 e. The molecule has 0 radical (unpaired) electrons. The third-order valence-electron chi connectivity index (χ3n) is 4.15. The number of aliphatic carboxylic acids is 2. The Balaban J connectivity index is 4.70. The maximum atomic E-state index is 12.1. The molecule has 0 rings (SSSR count). The van der Waals surface area contributed by atoms with Gasteiger partial charge >= 0.3 is 11.9 Å². The summed E-state index contributed by atoms with van der Waals surface area (Å²) in [6, 6.07) is -4.23. The normalized spacial score (nSPS) is 15.4. The van der Waals surface area contributed by atoms with Crippen molar-refractivity contribution in [3.05, 3.63) is 12.2 Å². The fourth-order valence-corrected chi connectivity index (χ4v) is 2.44. The van der Waals surface area contributed by atoms with E-state index in [9.17, 15) is 19.2 Å². The molecule has 4 atom stereocenters. The Bertz CT molecular complexity index is 555. The van der Waals surface area contributed by atoms with Crippen LogP contribution in [0.3, 0.4) is 0 Å². The number of carbonyl (C=O) groups excluding carboxylic acids is 2. The van der Waals surface area contributed by atoms with Crippen LogP contribution in [0.2, 0.25) is 0 Å². The SMILES string of the molecule is C=C(C[C@@H](N)C(=O)N[C@H](C(=O)O)C(C)C)C[C@@H](N)C(=O)N[C@H](C(=O)O)C(C)C. The number of rotatable bonds is 12. The average Bonchev–Trinajstić information content (AvgIpc) is 2.55. The van der Waals surface area contributed by atoms with Gasteiger partial charge in [0.2, 0.25) is 11.8 Å². The Kier molecular flexibility index (Phi) is 10.4. The van der Waals surface area contributed by atoms with Crippen LogP contribution >= 0.6 is 0 Å². The number of amides is 2. The van der Waals surface area contributed by atoms with Crippen LogP contribution in [0.5, 0.6) is 0 Å². The molecule has 0 unspecified atom stereocenters. The molecule has 28 heavy (non-hydrogen) atoms. The van der Waals surface area contributed by atoms with E-state index in [1.165, 1.54) is 0 Å². The predicted octanol–water partition coefficient (Wildman–Crippen LogP) is -0.572.